The second-order valence-corrected chi connectivity index (χ2v) is 28.2. The fourth-order valence-corrected chi connectivity index (χ4v) is 14.7. The monoisotopic (exact) mass is 974 g/mol. The van der Waals surface area contributed by atoms with Crippen LogP contribution >= 0.6 is 0 Å². The van der Waals surface area contributed by atoms with Crippen molar-refractivity contribution >= 4 is 68.6 Å². The summed E-state index contributed by atoms with van der Waals surface area (Å²) in [6, 6.07) is 57.4. The highest BCUT2D eigenvalue weighted by atomic mass is 15.3. The lowest BCUT2D eigenvalue weighted by atomic mass is 9.33. The highest BCUT2D eigenvalue weighted by Crippen LogP contribution is 2.65. The van der Waals surface area contributed by atoms with Gasteiger partial charge in [-0.15, -0.1) is 0 Å². The van der Waals surface area contributed by atoms with Crippen LogP contribution in [0.2, 0.25) is 0 Å². The van der Waals surface area contributed by atoms with E-state index in [1.165, 1.54) is 114 Å². The van der Waals surface area contributed by atoms with Gasteiger partial charge in [0.2, 0.25) is 0 Å². The highest BCUT2D eigenvalue weighted by molar-refractivity contribution is 7.00. The number of benzene rings is 7. The molecule has 0 radical (unpaired) electrons. The predicted molar refractivity (Wildman–Crippen MR) is 320 cm³/mol. The molecule has 0 saturated heterocycles. The van der Waals surface area contributed by atoms with E-state index in [9.17, 15) is 0 Å². The van der Waals surface area contributed by atoms with Crippen LogP contribution in [-0.2, 0) is 27.1 Å². The molecule has 0 bridgehead atoms. The summed E-state index contributed by atoms with van der Waals surface area (Å²) in [4.78, 5) is 8.22. The lowest BCUT2D eigenvalue weighted by Crippen LogP contribution is -2.62. The fraction of sp³-hybridized carbons (Fsp3) is 0.400. The summed E-state index contributed by atoms with van der Waals surface area (Å²) in [6.07, 6.45) is 5.79. The van der Waals surface area contributed by atoms with Gasteiger partial charge in [-0.1, -0.05) is 188 Å². The number of para-hydroxylation sites is 2. The normalized spacial score (nSPS) is 22.3. The van der Waals surface area contributed by atoms with Crippen molar-refractivity contribution in [3.63, 3.8) is 0 Å². The van der Waals surface area contributed by atoms with Crippen molar-refractivity contribution in [2.24, 2.45) is 11.3 Å². The number of anilines is 8. The summed E-state index contributed by atoms with van der Waals surface area (Å²) in [5, 5.41) is 0. The van der Waals surface area contributed by atoms with Crippen molar-refractivity contribution in [3.05, 3.63) is 173 Å². The standard InChI is InChI=1S/C70H80BN3/c1-64(2,3)46-30-32-57(51(38-46)45-24-18-16-19-25-45)73-60-43-53-52(67(10,11)36-37-68(53,12)13)42-56(60)71-55-28-22-23-29-59(55)72(49-26-20-17-21-27-49)61-40-50(41-62(73)63(61)71)74-58-33-31-47(65(4,5)6)39-54(58)69(14)44-48(66(7,8)9)34-35-70(69,74)15/h16-33,38-43,48H,34-37,44H2,1-15H3. The molecule has 7 aromatic carbocycles. The molecule has 5 aliphatic rings. The maximum absolute atomic E-state index is 2.86. The lowest BCUT2D eigenvalue weighted by Gasteiger charge is -2.55. The van der Waals surface area contributed by atoms with Crippen molar-refractivity contribution in [2.75, 3.05) is 14.7 Å². The smallest absolute Gasteiger partial charge is 0.252 e. The number of rotatable bonds is 4. The second kappa shape index (κ2) is 16.3. The Kier molecular flexibility index (Phi) is 10.7. The van der Waals surface area contributed by atoms with E-state index in [0.29, 0.717) is 5.92 Å². The van der Waals surface area contributed by atoms with Crippen LogP contribution < -0.4 is 31.1 Å². The van der Waals surface area contributed by atoms with E-state index < -0.39 is 0 Å². The third-order valence-electron chi connectivity index (χ3n) is 19.6. The van der Waals surface area contributed by atoms with Crippen LogP contribution in [0.4, 0.5) is 45.5 Å². The molecule has 378 valence electrons. The van der Waals surface area contributed by atoms with Gasteiger partial charge in [0, 0.05) is 50.8 Å². The van der Waals surface area contributed by atoms with Gasteiger partial charge in [0.05, 0.1) is 11.2 Å². The van der Waals surface area contributed by atoms with E-state index in [4.69, 9.17) is 0 Å². The average molecular weight is 974 g/mol. The molecule has 4 heteroatoms. The van der Waals surface area contributed by atoms with Crippen molar-refractivity contribution < 1.29 is 0 Å². The highest BCUT2D eigenvalue weighted by Gasteiger charge is 2.61. The zero-order valence-electron chi connectivity index (χ0n) is 47.4. The van der Waals surface area contributed by atoms with Crippen LogP contribution in [0.1, 0.15) is 164 Å². The largest absolute Gasteiger partial charge is 0.334 e. The Morgan fingerprint density at radius 1 is 0.459 bits per heavy atom. The van der Waals surface area contributed by atoms with Gasteiger partial charge in [-0.25, -0.2) is 0 Å². The molecule has 1 fully saturated rings. The van der Waals surface area contributed by atoms with Crippen molar-refractivity contribution in [2.45, 2.75) is 169 Å². The summed E-state index contributed by atoms with van der Waals surface area (Å²) in [5.41, 5.74) is 24.0. The summed E-state index contributed by atoms with van der Waals surface area (Å²) < 4.78 is 0. The molecule has 0 aromatic heterocycles. The van der Waals surface area contributed by atoms with Crippen molar-refractivity contribution in [3.8, 4) is 11.1 Å². The van der Waals surface area contributed by atoms with Crippen LogP contribution in [0.5, 0.6) is 0 Å². The second-order valence-electron chi connectivity index (χ2n) is 28.2. The SMILES string of the molecule is CC(C)(C)c1ccc(N2c3cc4c(cc3B3c5ccccc5N(c5ccccc5)c5cc(N6c7ccc(C(C)(C)C)cc7C7(C)CC(C(C)(C)C)CCC67C)cc2c53)C(C)(C)CCC4(C)C)c(-c2ccccc2)c1. The Labute approximate surface area is 445 Å². The van der Waals surface area contributed by atoms with Crippen LogP contribution in [0, 0.1) is 11.3 Å². The minimum absolute atomic E-state index is 0.0138. The predicted octanol–water partition coefficient (Wildman–Crippen LogP) is 17.4. The molecule has 3 heterocycles. The lowest BCUT2D eigenvalue weighted by molar-refractivity contribution is 0.0786. The molecule has 1 saturated carbocycles. The fourth-order valence-electron chi connectivity index (χ4n) is 14.7. The number of fused-ring (bicyclic) bond motifs is 8. The van der Waals surface area contributed by atoms with Crippen molar-refractivity contribution in [1.82, 2.24) is 0 Å². The number of hydrogen-bond acceptors (Lipinski definition) is 3. The van der Waals surface area contributed by atoms with Gasteiger partial charge < -0.3 is 14.7 Å². The first-order valence-corrected chi connectivity index (χ1v) is 28.1. The van der Waals surface area contributed by atoms with Gasteiger partial charge in [-0.3, -0.25) is 0 Å². The van der Waals surface area contributed by atoms with Gasteiger partial charge in [-0.2, -0.15) is 0 Å². The molecule has 3 unspecified atom stereocenters. The van der Waals surface area contributed by atoms with Gasteiger partial charge in [-0.05, 0) is 176 Å². The first kappa shape index (κ1) is 48.9. The first-order chi connectivity index (χ1) is 34.8. The molecule has 3 atom stereocenters. The molecule has 74 heavy (non-hydrogen) atoms. The molecule has 0 amide bonds. The van der Waals surface area contributed by atoms with Crippen LogP contribution in [-0.4, -0.2) is 12.3 Å². The van der Waals surface area contributed by atoms with Crippen LogP contribution in [0.15, 0.2) is 146 Å². The van der Waals surface area contributed by atoms with E-state index >= 15 is 0 Å². The number of nitrogens with zero attached hydrogens (tertiary/aromatic N) is 3. The molecule has 0 spiro atoms. The van der Waals surface area contributed by atoms with Crippen LogP contribution in [0.3, 0.4) is 0 Å². The van der Waals surface area contributed by atoms with E-state index in [1.807, 2.05) is 0 Å². The minimum Gasteiger partial charge on any atom is -0.334 e. The Morgan fingerprint density at radius 2 is 1.03 bits per heavy atom. The maximum atomic E-state index is 2.86. The van der Waals surface area contributed by atoms with Crippen LogP contribution in [0.25, 0.3) is 11.1 Å². The Balaban J connectivity index is 1.23. The minimum atomic E-state index is -0.187. The summed E-state index contributed by atoms with van der Waals surface area (Å²) in [5.74, 6) is 0.613. The zero-order chi connectivity index (χ0) is 52.3. The van der Waals surface area contributed by atoms with Crippen molar-refractivity contribution in [1.29, 1.82) is 0 Å². The van der Waals surface area contributed by atoms with Gasteiger partial charge >= 0.3 is 0 Å². The zero-order valence-corrected chi connectivity index (χ0v) is 47.4. The van der Waals surface area contributed by atoms with E-state index in [2.05, 4.69) is 264 Å². The molecule has 7 aromatic rings. The van der Waals surface area contributed by atoms with E-state index in [1.54, 1.807) is 0 Å². The molecule has 12 rings (SSSR count). The molecule has 0 N–H and O–H groups in total. The Hall–Kier alpha value is -6.00. The maximum Gasteiger partial charge on any atom is 0.252 e. The first-order valence-electron chi connectivity index (χ1n) is 28.1. The molecular weight excluding hydrogens is 894 g/mol. The summed E-state index contributed by atoms with van der Waals surface area (Å²) in [6.45, 7) is 36.9. The van der Waals surface area contributed by atoms with E-state index in [0.717, 1.165) is 19.3 Å². The Morgan fingerprint density at radius 3 is 1.66 bits per heavy atom. The third-order valence-corrected chi connectivity index (χ3v) is 19.6. The summed E-state index contributed by atoms with van der Waals surface area (Å²) >= 11 is 0. The topological polar surface area (TPSA) is 9.72 Å². The van der Waals surface area contributed by atoms with Gasteiger partial charge in [0.25, 0.3) is 6.71 Å². The molecule has 3 nitrogen and oxygen atoms in total. The molecule has 2 aliphatic carbocycles. The van der Waals surface area contributed by atoms with Gasteiger partial charge in [0.1, 0.15) is 0 Å². The summed E-state index contributed by atoms with van der Waals surface area (Å²) in [7, 11) is 0. The number of hydrogen-bond donors (Lipinski definition) is 0. The average Bonchev–Trinajstić information content (AvgIpc) is 3.62. The Bertz CT molecular complexity index is 3380. The molecule has 3 aliphatic heterocycles. The van der Waals surface area contributed by atoms with Gasteiger partial charge in [0.15, 0.2) is 0 Å². The quantitative estimate of drug-likeness (QED) is 0.163. The molecular formula is C70H80BN3. The third kappa shape index (κ3) is 7.26. The van der Waals surface area contributed by atoms with E-state index in [-0.39, 0.29) is 44.7 Å².